The molecule has 0 radical (unpaired) electrons. The quantitative estimate of drug-likeness (QED) is 0.544. The second-order valence-electron chi connectivity index (χ2n) is 7.64. The number of carbonyl (C=O) groups is 3. The van der Waals surface area contributed by atoms with Gasteiger partial charge in [0.1, 0.15) is 11.7 Å². The molecule has 1 aliphatic carbocycles. The number of nitrogens with zero attached hydrogens (tertiary/aromatic N) is 1. The van der Waals surface area contributed by atoms with E-state index in [1.54, 1.807) is 33.1 Å². The number of allylic oxidation sites excluding steroid dienone is 1. The smallest absolute Gasteiger partial charge is 0.336 e. The molecule has 0 N–H and O–H groups in total. The van der Waals surface area contributed by atoms with Crippen LogP contribution in [0.1, 0.15) is 38.7 Å². The van der Waals surface area contributed by atoms with Crippen LogP contribution >= 0.6 is 0 Å². The summed E-state index contributed by atoms with van der Waals surface area (Å²) in [4.78, 5) is 43.4. The molecule has 1 aromatic rings. The van der Waals surface area contributed by atoms with Gasteiger partial charge in [-0.3, -0.25) is 14.6 Å². The molecule has 0 amide bonds. The minimum atomic E-state index is -0.887. The maximum absolute atomic E-state index is 13.5. The fraction of sp³-hybridized carbons (Fsp3) is 0.478. The average molecular weight is 413 g/mol. The van der Waals surface area contributed by atoms with E-state index in [0.29, 0.717) is 29.2 Å². The monoisotopic (exact) mass is 413 g/mol. The number of rotatable bonds is 5. The summed E-state index contributed by atoms with van der Waals surface area (Å²) in [5.41, 5.74) is 2.35. The van der Waals surface area contributed by atoms with Crippen molar-refractivity contribution in [1.82, 2.24) is 0 Å². The Balaban J connectivity index is 2.16. The molecule has 1 heterocycles. The molecule has 0 saturated heterocycles. The fourth-order valence-corrected chi connectivity index (χ4v) is 4.48. The van der Waals surface area contributed by atoms with Gasteiger partial charge in [-0.05, 0) is 43.9 Å². The Labute approximate surface area is 176 Å². The number of aliphatic imine (C=N–C) groups is 1. The third-order valence-corrected chi connectivity index (χ3v) is 5.84. The van der Waals surface area contributed by atoms with Crippen molar-refractivity contribution in [3.8, 4) is 5.75 Å². The summed E-state index contributed by atoms with van der Waals surface area (Å²) in [6.45, 7) is 5.55. The minimum Gasteiger partial charge on any atom is -0.497 e. The zero-order chi connectivity index (χ0) is 22.0. The lowest BCUT2D eigenvalue weighted by atomic mass is 9.64. The van der Waals surface area contributed by atoms with Gasteiger partial charge in [0.15, 0.2) is 5.78 Å². The Morgan fingerprint density at radius 1 is 1.13 bits per heavy atom. The number of ether oxygens (including phenoxy) is 3. The maximum atomic E-state index is 13.5. The molecule has 0 spiro atoms. The van der Waals surface area contributed by atoms with Crippen LogP contribution in [0, 0.1) is 17.8 Å². The first kappa shape index (κ1) is 21.7. The van der Waals surface area contributed by atoms with Crippen molar-refractivity contribution in [2.45, 2.75) is 33.1 Å². The van der Waals surface area contributed by atoms with Gasteiger partial charge >= 0.3 is 11.9 Å². The van der Waals surface area contributed by atoms with Crippen LogP contribution < -0.4 is 4.74 Å². The molecule has 160 valence electrons. The van der Waals surface area contributed by atoms with Crippen molar-refractivity contribution in [3.05, 3.63) is 41.1 Å². The molecule has 1 saturated carbocycles. The van der Waals surface area contributed by atoms with Crippen molar-refractivity contribution < 1.29 is 28.6 Å². The van der Waals surface area contributed by atoms with Gasteiger partial charge in [-0.15, -0.1) is 0 Å². The van der Waals surface area contributed by atoms with E-state index >= 15 is 0 Å². The standard InChI is InChI=1S/C23H27NO6/c1-6-30-23(27)18-13(3)24-16-11-12(2)17(22(26)29-5)21(25)20(16)19(18)14-7-9-15(28-4)10-8-14/h7-10,12,17,19-20H,6,11H2,1-5H3/t12-,17+,19-,20+/m1/s1. The van der Waals surface area contributed by atoms with E-state index in [4.69, 9.17) is 14.2 Å². The van der Waals surface area contributed by atoms with E-state index in [0.717, 1.165) is 5.56 Å². The van der Waals surface area contributed by atoms with Gasteiger partial charge in [-0.25, -0.2) is 4.79 Å². The first-order chi connectivity index (χ1) is 14.3. The molecule has 4 atom stereocenters. The topological polar surface area (TPSA) is 91.3 Å². The lowest BCUT2D eigenvalue weighted by Gasteiger charge is -2.40. The molecule has 1 aromatic carbocycles. The van der Waals surface area contributed by atoms with E-state index in [9.17, 15) is 14.4 Å². The summed E-state index contributed by atoms with van der Waals surface area (Å²) in [6, 6.07) is 7.23. The zero-order valence-corrected chi connectivity index (χ0v) is 17.9. The highest BCUT2D eigenvalue weighted by Crippen LogP contribution is 2.46. The SMILES string of the molecule is CCOC(=O)C1=C(C)N=C2C[C@@H](C)[C@H](C(=O)OC)C(=O)[C@@H]2[C@@H]1c1ccc(OC)cc1. The van der Waals surface area contributed by atoms with Crippen LogP contribution in [0.25, 0.3) is 0 Å². The van der Waals surface area contributed by atoms with E-state index in [2.05, 4.69) is 4.99 Å². The normalized spacial score (nSPS) is 25.9. The summed E-state index contributed by atoms with van der Waals surface area (Å²) >= 11 is 0. The van der Waals surface area contributed by atoms with Crippen LogP contribution in [-0.4, -0.2) is 44.3 Å². The number of Topliss-reactive ketones (excluding diaryl/α,β-unsaturated/α-hetero) is 1. The lowest BCUT2D eigenvalue weighted by molar-refractivity contribution is -0.152. The second kappa shape index (κ2) is 8.81. The second-order valence-corrected chi connectivity index (χ2v) is 7.64. The first-order valence-electron chi connectivity index (χ1n) is 10.0. The predicted octanol–water partition coefficient (Wildman–Crippen LogP) is 3.08. The van der Waals surface area contributed by atoms with Crippen molar-refractivity contribution in [2.75, 3.05) is 20.8 Å². The summed E-state index contributed by atoms with van der Waals surface area (Å²) in [7, 11) is 2.85. The van der Waals surface area contributed by atoms with Crippen LogP contribution in [-0.2, 0) is 23.9 Å². The van der Waals surface area contributed by atoms with Crippen molar-refractivity contribution in [3.63, 3.8) is 0 Å². The number of benzene rings is 1. The van der Waals surface area contributed by atoms with Gasteiger partial charge in [0.2, 0.25) is 0 Å². The van der Waals surface area contributed by atoms with Crippen LogP contribution in [0.4, 0.5) is 0 Å². The third-order valence-electron chi connectivity index (χ3n) is 5.84. The number of hydrogen-bond donors (Lipinski definition) is 0. The van der Waals surface area contributed by atoms with Crippen LogP contribution in [0.5, 0.6) is 5.75 Å². The number of hydrogen-bond acceptors (Lipinski definition) is 7. The molecular weight excluding hydrogens is 386 g/mol. The molecule has 2 aliphatic rings. The van der Waals surface area contributed by atoms with Gasteiger partial charge < -0.3 is 14.2 Å². The summed E-state index contributed by atoms with van der Waals surface area (Å²) < 4.78 is 15.4. The summed E-state index contributed by atoms with van der Waals surface area (Å²) in [6.07, 6.45) is 0.482. The van der Waals surface area contributed by atoms with E-state index in [1.807, 2.05) is 19.1 Å². The molecule has 30 heavy (non-hydrogen) atoms. The Bertz CT molecular complexity index is 914. The summed E-state index contributed by atoms with van der Waals surface area (Å²) in [5, 5.41) is 0. The molecule has 1 fully saturated rings. The van der Waals surface area contributed by atoms with Gasteiger partial charge in [-0.1, -0.05) is 19.1 Å². The van der Waals surface area contributed by atoms with E-state index in [-0.39, 0.29) is 18.3 Å². The predicted molar refractivity (Wildman–Crippen MR) is 110 cm³/mol. The molecule has 0 unspecified atom stereocenters. The van der Waals surface area contributed by atoms with Crippen LogP contribution in [0.2, 0.25) is 0 Å². The van der Waals surface area contributed by atoms with Gasteiger partial charge in [0.25, 0.3) is 0 Å². The van der Waals surface area contributed by atoms with Crippen molar-refractivity contribution in [2.24, 2.45) is 22.7 Å². The van der Waals surface area contributed by atoms with Crippen LogP contribution in [0.3, 0.4) is 0 Å². The van der Waals surface area contributed by atoms with Gasteiger partial charge in [0, 0.05) is 17.3 Å². The molecule has 3 rings (SSSR count). The third kappa shape index (κ3) is 3.76. The first-order valence-corrected chi connectivity index (χ1v) is 10.0. The molecule has 0 bridgehead atoms. The van der Waals surface area contributed by atoms with Crippen molar-refractivity contribution in [1.29, 1.82) is 0 Å². The lowest BCUT2D eigenvalue weighted by Crippen LogP contribution is -2.48. The minimum absolute atomic E-state index is 0.210. The van der Waals surface area contributed by atoms with Crippen molar-refractivity contribution >= 4 is 23.4 Å². The Morgan fingerprint density at radius 3 is 2.37 bits per heavy atom. The molecule has 7 nitrogen and oxygen atoms in total. The average Bonchev–Trinajstić information content (AvgIpc) is 2.72. The Morgan fingerprint density at radius 2 is 1.80 bits per heavy atom. The summed E-state index contributed by atoms with van der Waals surface area (Å²) in [5.74, 6) is -3.08. The van der Waals surface area contributed by atoms with Gasteiger partial charge in [-0.2, -0.15) is 0 Å². The highest BCUT2D eigenvalue weighted by atomic mass is 16.5. The van der Waals surface area contributed by atoms with Crippen LogP contribution in [0.15, 0.2) is 40.5 Å². The number of methoxy groups -OCH3 is 2. The van der Waals surface area contributed by atoms with E-state index < -0.39 is 29.7 Å². The number of ketones is 1. The fourth-order valence-electron chi connectivity index (χ4n) is 4.48. The molecule has 7 heteroatoms. The number of esters is 2. The number of fused-ring (bicyclic) bond motifs is 1. The van der Waals surface area contributed by atoms with Gasteiger partial charge in [0.05, 0.1) is 32.3 Å². The highest BCUT2D eigenvalue weighted by molar-refractivity contribution is 6.17. The highest BCUT2D eigenvalue weighted by Gasteiger charge is 2.51. The maximum Gasteiger partial charge on any atom is 0.336 e. The Kier molecular flexibility index (Phi) is 6.39. The number of carbonyl (C=O) groups excluding carboxylic acids is 3. The molecular formula is C23H27NO6. The Hall–Kier alpha value is -2.96. The largest absolute Gasteiger partial charge is 0.497 e. The molecule has 1 aliphatic heterocycles. The zero-order valence-electron chi connectivity index (χ0n) is 17.9. The van der Waals surface area contributed by atoms with E-state index in [1.165, 1.54) is 7.11 Å². The molecule has 0 aromatic heterocycles.